The standard InChI is InChI=1S/C23H34F3NO7/c1-3-5-13-31-15-12-27(22(30)34-17-23(24,25)26)11-6-14-33-19-9-7-18(8-10-19)16-20(21(28)29)32-4-2/h7-10,20H,3-6,11-17H2,1-2H3,(H,28,29). The first kappa shape index (κ1) is 29.5. The molecule has 0 fully saturated rings. The molecule has 11 heteroatoms. The minimum absolute atomic E-state index is 0.111. The fourth-order valence-corrected chi connectivity index (χ4v) is 2.85. The minimum atomic E-state index is -4.60. The van der Waals surface area contributed by atoms with Crippen LogP contribution in [0, 0.1) is 0 Å². The number of hydrogen-bond acceptors (Lipinski definition) is 6. The fourth-order valence-electron chi connectivity index (χ4n) is 2.85. The summed E-state index contributed by atoms with van der Waals surface area (Å²) >= 11 is 0. The molecule has 0 aliphatic rings. The second-order valence-corrected chi connectivity index (χ2v) is 7.46. The molecule has 8 nitrogen and oxygen atoms in total. The molecule has 1 aromatic rings. The Morgan fingerprint density at radius 3 is 2.32 bits per heavy atom. The number of carbonyl (C=O) groups excluding carboxylic acids is 1. The Hall–Kier alpha value is -2.53. The predicted molar refractivity (Wildman–Crippen MR) is 118 cm³/mol. The normalized spacial score (nSPS) is 12.3. The molecular formula is C23H34F3NO7. The molecule has 1 rings (SSSR count). The SMILES string of the molecule is CCCCOCCN(CCCOc1ccc(CC(OCC)C(=O)O)cc1)C(=O)OCC(F)(F)F. The Bertz CT molecular complexity index is 714. The Kier molecular flexibility index (Phi) is 14.0. The minimum Gasteiger partial charge on any atom is -0.494 e. The lowest BCUT2D eigenvalue weighted by molar-refractivity contribution is -0.162. The molecular weight excluding hydrogens is 459 g/mol. The molecule has 0 saturated heterocycles. The Balaban J connectivity index is 2.50. The number of benzene rings is 1. The van der Waals surface area contributed by atoms with E-state index in [1.807, 2.05) is 6.92 Å². The molecule has 1 aromatic carbocycles. The molecule has 1 unspecified atom stereocenters. The van der Waals surface area contributed by atoms with E-state index in [2.05, 4.69) is 4.74 Å². The van der Waals surface area contributed by atoms with Gasteiger partial charge in [-0.2, -0.15) is 13.2 Å². The number of carboxylic acid groups (broad SMARTS) is 1. The number of hydrogen-bond donors (Lipinski definition) is 1. The largest absolute Gasteiger partial charge is 0.494 e. The van der Waals surface area contributed by atoms with E-state index in [-0.39, 0.29) is 32.7 Å². The zero-order valence-corrected chi connectivity index (χ0v) is 19.6. The second kappa shape index (κ2) is 16.2. The van der Waals surface area contributed by atoms with Gasteiger partial charge in [-0.15, -0.1) is 0 Å². The van der Waals surface area contributed by atoms with Crippen molar-refractivity contribution in [1.82, 2.24) is 4.90 Å². The number of carbonyl (C=O) groups is 2. The van der Waals surface area contributed by atoms with Gasteiger partial charge in [0, 0.05) is 32.7 Å². The van der Waals surface area contributed by atoms with Crippen LogP contribution in [0.4, 0.5) is 18.0 Å². The van der Waals surface area contributed by atoms with Crippen LogP contribution in [0.2, 0.25) is 0 Å². The van der Waals surface area contributed by atoms with E-state index in [1.54, 1.807) is 31.2 Å². The third-order valence-electron chi connectivity index (χ3n) is 4.59. The third kappa shape index (κ3) is 13.2. The lowest BCUT2D eigenvalue weighted by Gasteiger charge is -2.22. The van der Waals surface area contributed by atoms with E-state index in [9.17, 15) is 22.8 Å². The Morgan fingerprint density at radius 2 is 1.74 bits per heavy atom. The van der Waals surface area contributed by atoms with Gasteiger partial charge in [-0.25, -0.2) is 9.59 Å². The number of carboxylic acids is 1. The number of amides is 1. The molecule has 0 aliphatic carbocycles. The molecule has 0 aliphatic heterocycles. The van der Waals surface area contributed by atoms with Crippen LogP contribution < -0.4 is 4.74 Å². The number of halogens is 3. The summed E-state index contributed by atoms with van der Waals surface area (Å²) in [5.41, 5.74) is 0.773. The van der Waals surface area contributed by atoms with E-state index >= 15 is 0 Å². The number of unbranched alkanes of at least 4 members (excludes halogenated alkanes) is 1. The van der Waals surface area contributed by atoms with Gasteiger partial charge >= 0.3 is 18.2 Å². The first-order valence-electron chi connectivity index (χ1n) is 11.3. The van der Waals surface area contributed by atoms with Crippen molar-refractivity contribution in [2.24, 2.45) is 0 Å². The van der Waals surface area contributed by atoms with Crippen LogP contribution in [-0.4, -0.2) is 80.5 Å². The van der Waals surface area contributed by atoms with Crippen molar-refractivity contribution < 1.29 is 46.8 Å². The Labute approximate surface area is 197 Å². The highest BCUT2D eigenvalue weighted by Crippen LogP contribution is 2.16. The first-order chi connectivity index (χ1) is 16.2. The fraction of sp³-hybridized carbons (Fsp3) is 0.652. The van der Waals surface area contributed by atoms with Crippen molar-refractivity contribution in [1.29, 1.82) is 0 Å². The maximum atomic E-state index is 12.4. The van der Waals surface area contributed by atoms with Crippen LogP contribution in [-0.2, 0) is 25.4 Å². The number of ether oxygens (including phenoxy) is 4. The summed E-state index contributed by atoms with van der Waals surface area (Å²) in [6, 6.07) is 6.85. The highest BCUT2D eigenvalue weighted by molar-refractivity contribution is 5.72. The maximum Gasteiger partial charge on any atom is 0.422 e. The van der Waals surface area contributed by atoms with Crippen LogP contribution in [0.1, 0.15) is 38.7 Å². The molecule has 1 atom stereocenters. The summed E-state index contributed by atoms with van der Waals surface area (Å²) in [6.07, 6.45) is -4.19. The van der Waals surface area contributed by atoms with Crippen molar-refractivity contribution in [2.45, 2.75) is 51.8 Å². The van der Waals surface area contributed by atoms with E-state index < -0.39 is 30.9 Å². The zero-order valence-electron chi connectivity index (χ0n) is 19.6. The van der Waals surface area contributed by atoms with Crippen LogP contribution in [0.5, 0.6) is 5.75 Å². The van der Waals surface area contributed by atoms with Crippen molar-refractivity contribution in [3.8, 4) is 5.75 Å². The van der Waals surface area contributed by atoms with Crippen molar-refractivity contribution in [3.05, 3.63) is 29.8 Å². The summed E-state index contributed by atoms with van der Waals surface area (Å²) in [6.45, 7) is 3.56. The number of rotatable bonds is 17. The van der Waals surface area contributed by atoms with Gasteiger partial charge in [0.15, 0.2) is 12.7 Å². The van der Waals surface area contributed by atoms with E-state index in [1.165, 1.54) is 4.90 Å². The maximum absolute atomic E-state index is 12.4. The number of nitrogens with zero attached hydrogens (tertiary/aromatic N) is 1. The topological polar surface area (TPSA) is 94.5 Å². The molecule has 0 saturated carbocycles. The van der Waals surface area contributed by atoms with Gasteiger partial charge in [0.05, 0.1) is 13.2 Å². The van der Waals surface area contributed by atoms with Gasteiger partial charge in [0.1, 0.15) is 5.75 Å². The van der Waals surface area contributed by atoms with Gasteiger partial charge in [-0.05, 0) is 37.5 Å². The molecule has 0 radical (unpaired) electrons. The summed E-state index contributed by atoms with van der Waals surface area (Å²) in [7, 11) is 0. The highest BCUT2D eigenvalue weighted by atomic mass is 19.4. The molecule has 0 spiro atoms. The van der Waals surface area contributed by atoms with Crippen LogP contribution >= 0.6 is 0 Å². The van der Waals surface area contributed by atoms with Crippen molar-refractivity contribution in [3.63, 3.8) is 0 Å². The molecule has 1 amide bonds. The summed E-state index contributed by atoms with van der Waals surface area (Å²) in [5, 5.41) is 9.16. The monoisotopic (exact) mass is 493 g/mol. The Morgan fingerprint density at radius 1 is 1.03 bits per heavy atom. The highest BCUT2D eigenvalue weighted by Gasteiger charge is 2.30. The smallest absolute Gasteiger partial charge is 0.422 e. The first-order valence-corrected chi connectivity index (χ1v) is 11.3. The van der Waals surface area contributed by atoms with E-state index in [0.717, 1.165) is 18.4 Å². The molecule has 1 N–H and O–H groups in total. The van der Waals surface area contributed by atoms with Gasteiger partial charge in [0.25, 0.3) is 0 Å². The predicted octanol–water partition coefficient (Wildman–Crippen LogP) is 4.31. The van der Waals surface area contributed by atoms with E-state index in [4.69, 9.17) is 19.3 Å². The lowest BCUT2D eigenvalue weighted by Crippen LogP contribution is -2.37. The zero-order chi connectivity index (χ0) is 25.4. The quantitative estimate of drug-likeness (QED) is 0.323. The number of alkyl halides is 3. The summed E-state index contributed by atoms with van der Waals surface area (Å²) in [5.74, 6) is -0.489. The van der Waals surface area contributed by atoms with Crippen LogP contribution in [0.15, 0.2) is 24.3 Å². The molecule has 0 heterocycles. The average Bonchev–Trinajstić information content (AvgIpc) is 2.78. The second-order valence-electron chi connectivity index (χ2n) is 7.46. The van der Waals surface area contributed by atoms with Crippen LogP contribution in [0.25, 0.3) is 0 Å². The van der Waals surface area contributed by atoms with Crippen LogP contribution in [0.3, 0.4) is 0 Å². The summed E-state index contributed by atoms with van der Waals surface area (Å²) in [4.78, 5) is 24.4. The van der Waals surface area contributed by atoms with Gasteiger partial charge < -0.3 is 29.0 Å². The molecule has 0 aromatic heterocycles. The van der Waals surface area contributed by atoms with Crippen molar-refractivity contribution in [2.75, 3.05) is 46.1 Å². The molecule has 34 heavy (non-hydrogen) atoms. The molecule has 0 bridgehead atoms. The van der Waals surface area contributed by atoms with Gasteiger partial charge in [-0.1, -0.05) is 25.5 Å². The third-order valence-corrected chi connectivity index (χ3v) is 4.59. The number of aliphatic carboxylic acids is 1. The average molecular weight is 494 g/mol. The van der Waals surface area contributed by atoms with Gasteiger partial charge in [0.2, 0.25) is 0 Å². The summed E-state index contributed by atoms with van der Waals surface area (Å²) < 4.78 is 57.7. The molecule has 194 valence electrons. The van der Waals surface area contributed by atoms with E-state index in [0.29, 0.717) is 25.4 Å². The van der Waals surface area contributed by atoms with Gasteiger partial charge in [-0.3, -0.25) is 0 Å². The van der Waals surface area contributed by atoms with Crippen molar-refractivity contribution >= 4 is 12.1 Å². The lowest BCUT2D eigenvalue weighted by atomic mass is 10.1.